The highest BCUT2D eigenvalue weighted by molar-refractivity contribution is 5.96. The molecule has 34 heavy (non-hydrogen) atoms. The molecular formula is C30H43O4-. The Labute approximate surface area is 205 Å². The molecular weight excluding hydrogens is 424 g/mol. The van der Waals surface area contributed by atoms with Crippen LogP contribution in [-0.2, 0) is 14.4 Å². The third kappa shape index (κ3) is 2.75. The molecule has 8 atom stereocenters. The van der Waals surface area contributed by atoms with Gasteiger partial charge >= 0.3 is 0 Å². The molecule has 0 bridgehead atoms. The van der Waals surface area contributed by atoms with E-state index in [0.717, 1.165) is 38.5 Å². The highest BCUT2D eigenvalue weighted by Gasteiger charge is 2.70. The molecule has 0 aliphatic heterocycles. The summed E-state index contributed by atoms with van der Waals surface area (Å²) in [5.74, 6) is -0.110. The molecule has 4 saturated carbocycles. The number of carbonyl (C=O) groups excluding carboxylic acids is 3. The molecule has 5 rings (SSSR count). The van der Waals surface area contributed by atoms with Crippen LogP contribution in [0.2, 0.25) is 0 Å². The second-order valence-electron chi connectivity index (χ2n) is 14.7. The SMILES string of the molecule is CC1(C)C(=O)CC[C@@]2(C)C1CC[C@]1(C)C2C(=O)C=C2C3C[C@@](C)(C(=O)[O-])CC[C@]3(C)CC[C@]21C. The van der Waals surface area contributed by atoms with E-state index in [2.05, 4.69) is 41.5 Å². The Morgan fingerprint density at radius 3 is 2.21 bits per heavy atom. The van der Waals surface area contributed by atoms with E-state index in [9.17, 15) is 19.5 Å². The zero-order chi connectivity index (χ0) is 25.1. The van der Waals surface area contributed by atoms with Crippen LogP contribution in [0.15, 0.2) is 11.6 Å². The highest BCUT2D eigenvalue weighted by Crippen LogP contribution is 2.74. The van der Waals surface area contributed by atoms with E-state index in [1.807, 2.05) is 13.0 Å². The number of hydrogen-bond acceptors (Lipinski definition) is 4. The Morgan fingerprint density at radius 1 is 0.912 bits per heavy atom. The quantitative estimate of drug-likeness (QED) is 0.525. The Balaban J connectivity index is 1.63. The molecule has 0 spiro atoms. The number of carboxylic acids is 1. The van der Waals surface area contributed by atoms with Crippen LogP contribution in [0.1, 0.15) is 106 Å². The number of allylic oxidation sites excluding steroid dienone is 2. The molecule has 0 N–H and O–H groups in total. The minimum absolute atomic E-state index is 0.0458. The topological polar surface area (TPSA) is 74.3 Å². The van der Waals surface area contributed by atoms with Gasteiger partial charge in [-0.05, 0) is 90.9 Å². The number of fused-ring (bicyclic) bond motifs is 7. The van der Waals surface area contributed by atoms with Crippen molar-refractivity contribution >= 4 is 17.5 Å². The molecule has 5 aliphatic carbocycles. The van der Waals surface area contributed by atoms with Crippen LogP contribution in [0, 0.1) is 50.2 Å². The lowest BCUT2D eigenvalue weighted by Crippen LogP contribution is -2.66. The predicted molar refractivity (Wildman–Crippen MR) is 129 cm³/mol. The minimum Gasteiger partial charge on any atom is -0.550 e. The summed E-state index contributed by atoms with van der Waals surface area (Å²) in [6.45, 7) is 15.4. The summed E-state index contributed by atoms with van der Waals surface area (Å²) in [4.78, 5) is 39.2. The molecule has 0 saturated heterocycles. The molecule has 3 unspecified atom stereocenters. The molecule has 5 aliphatic rings. The lowest BCUT2D eigenvalue weighted by molar-refractivity contribution is -0.321. The van der Waals surface area contributed by atoms with Gasteiger partial charge in [0.15, 0.2) is 5.78 Å². The molecule has 4 heteroatoms. The van der Waals surface area contributed by atoms with Gasteiger partial charge in [0.05, 0.1) is 0 Å². The number of ketones is 2. The van der Waals surface area contributed by atoms with E-state index in [-0.39, 0.29) is 50.6 Å². The van der Waals surface area contributed by atoms with Crippen LogP contribution in [0.5, 0.6) is 0 Å². The Morgan fingerprint density at radius 2 is 1.56 bits per heavy atom. The number of aliphatic carboxylic acids is 1. The second kappa shape index (κ2) is 6.85. The van der Waals surface area contributed by atoms with E-state index in [4.69, 9.17) is 0 Å². The fraction of sp³-hybridized carbons (Fsp3) is 0.833. The Hall–Kier alpha value is -1.45. The number of rotatable bonds is 1. The van der Waals surface area contributed by atoms with E-state index < -0.39 is 11.4 Å². The van der Waals surface area contributed by atoms with Crippen LogP contribution in [0.4, 0.5) is 0 Å². The molecule has 4 fully saturated rings. The summed E-state index contributed by atoms with van der Waals surface area (Å²) in [6, 6.07) is 0. The smallest absolute Gasteiger partial charge is 0.159 e. The van der Waals surface area contributed by atoms with Gasteiger partial charge in [-0.1, -0.05) is 54.0 Å². The third-order valence-electron chi connectivity index (χ3n) is 12.8. The van der Waals surface area contributed by atoms with Gasteiger partial charge in [-0.25, -0.2) is 0 Å². The monoisotopic (exact) mass is 467 g/mol. The molecule has 0 aromatic carbocycles. The molecule has 0 aromatic rings. The van der Waals surface area contributed by atoms with Crippen molar-refractivity contribution in [3.05, 3.63) is 11.6 Å². The fourth-order valence-corrected chi connectivity index (χ4v) is 10.2. The van der Waals surface area contributed by atoms with Crippen molar-refractivity contribution in [3.8, 4) is 0 Å². The summed E-state index contributed by atoms with van der Waals surface area (Å²) < 4.78 is 0. The molecule has 0 amide bonds. The van der Waals surface area contributed by atoms with Crippen molar-refractivity contribution in [2.24, 2.45) is 50.2 Å². The van der Waals surface area contributed by atoms with E-state index in [1.165, 1.54) is 5.57 Å². The van der Waals surface area contributed by atoms with Gasteiger partial charge in [-0.2, -0.15) is 0 Å². The number of Topliss-reactive ketones (excluding diaryl/α,β-unsaturated/α-hetero) is 1. The molecule has 0 aromatic heterocycles. The summed E-state index contributed by atoms with van der Waals surface area (Å²) in [5, 5.41) is 12.1. The summed E-state index contributed by atoms with van der Waals surface area (Å²) in [6.07, 6.45) is 9.52. The summed E-state index contributed by atoms with van der Waals surface area (Å²) in [7, 11) is 0. The Bertz CT molecular complexity index is 1010. The van der Waals surface area contributed by atoms with Gasteiger partial charge in [-0.15, -0.1) is 0 Å². The van der Waals surface area contributed by atoms with E-state index >= 15 is 0 Å². The van der Waals surface area contributed by atoms with Crippen LogP contribution in [0.3, 0.4) is 0 Å². The fourth-order valence-electron chi connectivity index (χ4n) is 10.2. The Kier molecular flexibility index (Phi) is 4.89. The zero-order valence-electron chi connectivity index (χ0n) is 22.3. The van der Waals surface area contributed by atoms with Crippen LogP contribution < -0.4 is 5.11 Å². The minimum atomic E-state index is -0.948. The van der Waals surface area contributed by atoms with Crippen LogP contribution in [0.25, 0.3) is 0 Å². The highest BCUT2D eigenvalue weighted by atomic mass is 16.4. The van der Waals surface area contributed by atoms with Crippen molar-refractivity contribution in [2.45, 2.75) is 106 Å². The normalized spacial score (nSPS) is 52.0. The maximum Gasteiger partial charge on any atom is 0.159 e. The lowest BCUT2D eigenvalue weighted by atomic mass is 9.33. The van der Waals surface area contributed by atoms with Crippen LogP contribution in [-0.4, -0.2) is 17.5 Å². The maximum atomic E-state index is 14.2. The average molecular weight is 468 g/mol. The van der Waals surface area contributed by atoms with E-state index in [1.54, 1.807) is 0 Å². The maximum absolute atomic E-state index is 14.2. The second-order valence-corrected chi connectivity index (χ2v) is 14.7. The first-order chi connectivity index (χ1) is 15.6. The first-order valence-electron chi connectivity index (χ1n) is 13.6. The van der Waals surface area contributed by atoms with Gasteiger partial charge in [0.1, 0.15) is 5.78 Å². The predicted octanol–water partition coefficient (Wildman–Crippen LogP) is 5.29. The summed E-state index contributed by atoms with van der Waals surface area (Å²) >= 11 is 0. The largest absolute Gasteiger partial charge is 0.550 e. The summed E-state index contributed by atoms with van der Waals surface area (Å²) in [5.41, 5.74) is -0.424. The average Bonchev–Trinajstić information content (AvgIpc) is 2.73. The van der Waals surface area contributed by atoms with Crippen molar-refractivity contribution < 1.29 is 19.5 Å². The first kappa shape index (κ1) is 24.3. The van der Waals surface area contributed by atoms with Crippen molar-refractivity contribution in [1.82, 2.24) is 0 Å². The van der Waals surface area contributed by atoms with Crippen molar-refractivity contribution in [3.63, 3.8) is 0 Å². The zero-order valence-corrected chi connectivity index (χ0v) is 22.3. The lowest BCUT2D eigenvalue weighted by Gasteiger charge is -2.70. The molecule has 0 radical (unpaired) electrons. The third-order valence-corrected chi connectivity index (χ3v) is 12.8. The van der Waals surface area contributed by atoms with E-state index in [0.29, 0.717) is 25.0 Å². The van der Waals surface area contributed by atoms with Crippen LogP contribution >= 0.6 is 0 Å². The van der Waals surface area contributed by atoms with Gasteiger partial charge in [0.2, 0.25) is 0 Å². The van der Waals surface area contributed by atoms with Gasteiger partial charge in [0, 0.05) is 29.1 Å². The first-order valence-corrected chi connectivity index (χ1v) is 13.6. The van der Waals surface area contributed by atoms with Gasteiger partial charge in [-0.3, -0.25) is 9.59 Å². The van der Waals surface area contributed by atoms with Crippen molar-refractivity contribution in [2.75, 3.05) is 0 Å². The van der Waals surface area contributed by atoms with Gasteiger partial charge in [0.25, 0.3) is 0 Å². The number of carbonyl (C=O) groups is 3. The molecule has 188 valence electrons. The van der Waals surface area contributed by atoms with Gasteiger partial charge < -0.3 is 9.90 Å². The standard InChI is InChI=1S/C30H44O4/c1-25(2)21-8-11-30(7)23(28(21,5)10-9-22(25)32)20(31)16-18-19-17-27(4,24(33)34)13-12-26(19,3)14-15-29(18,30)6/h16,19,21,23H,8-15,17H2,1-7H3,(H,33,34)/p-1/t19?,21?,23?,26-,27+,28+,29-,30-/m1/s1. The number of carboxylic acid groups (broad SMARTS) is 1. The number of hydrogen-bond donors (Lipinski definition) is 0. The van der Waals surface area contributed by atoms with Crippen molar-refractivity contribution in [1.29, 1.82) is 0 Å². The molecule has 4 nitrogen and oxygen atoms in total. The molecule has 0 heterocycles.